The molecular formula is C14H22BrN3O. The standard InChI is InChI=1S/C14H22BrN3O/c1-4-12-7-5-6-8-17(12)14(19)11(3)18-10(2)13(15)9-16-18/h9,11-12H,4-8H2,1-3H3/t11-,12+/m1/s1. The summed E-state index contributed by atoms with van der Waals surface area (Å²) in [6, 6.07) is 0.182. The highest BCUT2D eigenvalue weighted by molar-refractivity contribution is 9.10. The molecule has 1 aromatic heterocycles. The fourth-order valence-corrected chi connectivity index (χ4v) is 3.13. The van der Waals surface area contributed by atoms with Crippen molar-refractivity contribution in [2.24, 2.45) is 0 Å². The zero-order chi connectivity index (χ0) is 14.0. The smallest absolute Gasteiger partial charge is 0.247 e. The second-order valence-electron chi connectivity index (χ2n) is 5.29. The predicted molar refractivity (Wildman–Crippen MR) is 79.0 cm³/mol. The fraction of sp³-hybridized carbons (Fsp3) is 0.714. The molecule has 0 aromatic carbocycles. The number of rotatable bonds is 3. The number of carbonyl (C=O) groups is 1. The molecule has 19 heavy (non-hydrogen) atoms. The Hall–Kier alpha value is -0.840. The molecule has 1 amide bonds. The molecule has 0 spiro atoms. The van der Waals surface area contributed by atoms with Crippen molar-refractivity contribution in [3.63, 3.8) is 0 Å². The first-order valence-electron chi connectivity index (χ1n) is 7.06. The molecule has 0 bridgehead atoms. The van der Waals surface area contributed by atoms with Crippen molar-refractivity contribution >= 4 is 21.8 Å². The first-order valence-corrected chi connectivity index (χ1v) is 7.85. The van der Waals surface area contributed by atoms with Gasteiger partial charge in [0, 0.05) is 12.6 Å². The molecule has 0 radical (unpaired) electrons. The first kappa shape index (κ1) is 14.6. The van der Waals surface area contributed by atoms with Gasteiger partial charge in [-0.15, -0.1) is 0 Å². The van der Waals surface area contributed by atoms with E-state index in [1.807, 2.05) is 18.5 Å². The van der Waals surface area contributed by atoms with E-state index in [9.17, 15) is 4.79 Å². The second-order valence-corrected chi connectivity index (χ2v) is 6.14. The van der Waals surface area contributed by atoms with Crippen LogP contribution in [0.3, 0.4) is 0 Å². The highest BCUT2D eigenvalue weighted by atomic mass is 79.9. The van der Waals surface area contributed by atoms with Crippen LogP contribution >= 0.6 is 15.9 Å². The topological polar surface area (TPSA) is 38.1 Å². The highest BCUT2D eigenvalue weighted by Gasteiger charge is 2.30. The van der Waals surface area contributed by atoms with Gasteiger partial charge in [-0.25, -0.2) is 0 Å². The second kappa shape index (κ2) is 6.07. The molecule has 5 heteroatoms. The summed E-state index contributed by atoms with van der Waals surface area (Å²) in [4.78, 5) is 14.7. The molecule has 0 saturated carbocycles. The van der Waals surface area contributed by atoms with Gasteiger partial charge in [0.1, 0.15) is 6.04 Å². The Morgan fingerprint density at radius 1 is 1.58 bits per heavy atom. The Morgan fingerprint density at radius 2 is 2.32 bits per heavy atom. The minimum atomic E-state index is -0.224. The maximum absolute atomic E-state index is 12.7. The van der Waals surface area contributed by atoms with Gasteiger partial charge in [-0.1, -0.05) is 6.92 Å². The Morgan fingerprint density at radius 3 is 2.89 bits per heavy atom. The molecule has 1 fully saturated rings. The average Bonchev–Trinajstić information content (AvgIpc) is 2.77. The summed E-state index contributed by atoms with van der Waals surface area (Å²) in [7, 11) is 0. The molecule has 4 nitrogen and oxygen atoms in total. The van der Waals surface area contributed by atoms with Crippen molar-refractivity contribution in [3.05, 3.63) is 16.4 Å². The lowest BCUT2D eigenvalue weighted by Gasteiger charge is -2.37. The van der Waals surface area contributed by atoms with E-state index >= 15 is 0 Å². The first-order chi connectivity index (χ1) is 9.06. The van der Waals surface area contributed by atoms with Gasteiger partial charge in [0.05, 0.1) is 16.4 Å². The van der Waals surface area contributed by atoms with Crippen LogP contribution in [-0.2, 0) is 4.79 Å². The number of piperidine rings is 1. The van der Waals surface area contributed by atoms with Crippen LogP contribution in [0, 0.1) is 6.92 Å². The van der Waals surface area contributed by atoms with Gasteiger partial charge < -0.3 is 4.90 Å². The van der Waals surface area contributed by atoms with E-state index < -0.39 is 0 Å². The van der Waals surface area contributed by atoms with E-state index in [2.05, 4.69) is 32.9 Å². The Kier molecular flexibility index (Phi) is 4.66. The van der Waals surface area contributed by atoms with Crippen LogP contribution in [0.2, 0.25) is 0 Å². The molecule has 106 valence electrons. The summed E-state index contributed by atoms with van der Waals surface area (Å²) in [6.45, 7) is 6.98. The summed E-state index contributed by atoms with van der Waals surface area (Å²) < 4.78 is 2.77. The van der Waals surface area contributed by atoms with E-state index in [1.165, 1.54) is 6.42 Å². The van der Waals surface area contributed by atoms with Crippen LogP contribution in [0.1, 0.15) is 51.3 Å². The quantitative estimate of drug-likeness (QED) is 0.854. The monoisotopic (exact) mass is 327 g/mol. The molecular weight excluding hydrogens is 306 g/mol. The summed E-state index contributed by atoms with van der Waals surface area (Å²) in [5.74, 6) is 0.199. The van der Waals surface area contributed by atoms with Gasteiger partial charge in [0.15, 0.2) is 0 Å². The van der Waals surface area contributed by atoms with Crippen LogP contribution < -0.4 is 0 Å². The van der Waals surface area contributed by atoms with Crippen LogP contribution in [0.4, 0.5) is 0 Å². The third-order valence-corrected chi connectivity index (χ3v) is 4.87. The fourth-order valence-electron chi connectivity index (χ4n) is 2.85. The summed E-state index contributed by atoms with van der Waals surface area (Å²) in [5, 5.41) is 4.30. The minimum absolute atomic E-state index is 0.199. The van der Waals surface area contributed by atoms with Crippen molar-refractivity contribution in [1.82, 2.24) is 14.7 Å². The van der Waals surface area contributed by atoms with Crippen LogP contribution in [-0.4, -0.2) is 33.2 Å². The summed E-state index contributed by atoms with van der Waals surface area (Å²) in [5.41, 5.74) is 1.01. The normalized spacial score (nSPS) is 21.5. The van der Waals surface area contributed by atoms with E-state index in [-0.39, 0.29) is 11.9 Å². The van der Waals surface area contributed by atoms with E-state index in [4.69, 9.17) is 0 Å². The maximum atomic E-state index is 12.7. The third-order valence-electron chi connectivity index (χ3n) is 4.09. The van der Waals surface area contributed by atoms with Gasteiger partial charge in [0.2, 0.25) is 5.91 Å². The van der Waals surface area contributed by atoms with Crippen LogP contribution in [0.25, 0.3) is 0 Å². The maximum Gasteiger partial charge on any atom is 0.247 e. The van der Waals surface area contributed by atoms with Gasteiger partial charge in [-0.3, -0.25) is 9.48 Å². The van der Waals surface area contributed by atoms with Gasteiger partial charge >= 0.3 is 0 Å². The largest absolute Gasteiger partial charge is 0.338 e. The number of likely N-dealkylation sites (tertiary alicyclic amines) is 1. The van der Waals surface area contributed by atoms with Crippen LogP contribution in [0.15, 0.2) is 10.7 Å². The van der Waals surface area contributed by atoms with Crippen molar-refractivity contribution in [3.8, 4) is 0 Å². The molecule has 0 N–H and O–H groups in total. The molecule has 1 aliphatic heterocycles. The molecule has 2 heterocycles. The van der Waals surface area contributed by atoms with Crippen molar-refractivity contribution in [1.29, 1.82) is 0 Å². The van der Waals surface area contributed by atoms with Gasteiger partial charge in [-0.05, 0) is 55.5 Å². The summed E-state index contributed by atoms with van der Waals surface area (Å²) in [6.07, 6.45) is 6.30. The molecule has 1 saturated heterocycles. The summed E-state index contributed by atoms with van der Waals surface area (Å²) >= 11 is 3.45. The van der Waals surface area contributed by atoms with E-state index in [1.54, 1.807) is 6.20 Å². The molecule has 1 aliphatic rings. The predicted octanol–water partition coefficient (Wildman–Crippen LogP) is 3.31. The lowest BCUT2D eigenvalue weighted by molar-refractivity contribution is -0.138. The van der Waals surface area contributed by atoms with Gasteiger partial charge in [-0.2, -0.15) is 5.10 Å². The zero-order valence-corrected chi connectivity index (χ0v) is 13.5. The molecule has 2 rings (SSSR count). The van der Waals surface area contributed by atoms with Crippen LogP contribution in [0.5, 0.6) is 0 Å². The lowest BCUT2D eigenvalue weighted by atomic mass is 9.99. The van der Waals surface area contributed by atoms with E-state index in [0.717, 1.165) is 36.0 Å². The molecule has 2 atom stereocenters. The SMILES string of the molecule is CC[C@H]1CCCCN1C(=O)[C@@H](C)n1ncc(Br)c1C. The number of hydrogen-bond donors (Lipinski definition) is 0. The Labute approximate surface area is 123 Å². The molecule has 1 aromatic rings. The zero-order valence-electron chi connectivity index (χ0n) is 11.9. The number of carbonyl (C=O) groups excluding carboxylic acids is 1. The number of halogens is 1. The molecule has 0 unspecified atom stereocenters. The average molecular weight is 328 g/mol. The number of amides is 1. The highest BCUT2D eigenvalue weighted by Crippen LogP contribution is 2.25. The van der Waals surface area contributed by atoms with E-state index in [0.29, 0.717) is 6.04 Å². The lowest BCUT2D eigenvalue weighted by Crippen LogP contribution is -2.46. The van der Waals surface area contributed by atoms with Crippen molar-refractivity contribution in [2.45, 2.75) is 58.5 Å². The van der Waals surface area contributed by atoms with Gasteiger partial charge in [0.25, 0.3) is 0 Å². The number of aromatic nitrogens is 2. The Bertz CT molecular complexity index is 458. The Balaban J connectivity index is 2.16. The number of hydrogen-bond acceptors (Lipinski definition) is 2. The van der Waals surface area contributed by atoms with Crippen molar-refractivity contribution in [2.75, 3.05) is 6.54 Å². The third kappa shape index (κ3) is 2.86. The van der Waals surface area contributed by atoms with Crippen molar-refractivity contribution < 1.29 is 4.79 Å². The minimum Gasteiger partial charge on any atom is -0.338 e. The number of nitrogens with zero attached hydrogens (tertiary/aromatic N) is 3. The molecule has 0 aliphatic carbocycles.